The van der Waals surface area contributed by atoms with E-state index in [9.17, 15) is 10.1 Å². The molecule has 0 aliphatic heterocycles. The van der Waals surface area contributed by atoms with Crippen molar-refractivity contribution < 1.29 is 9.53 Å². The molecule has 3 aromatic carbocycles. The first kappa shape index (κ1) is 26.0. The van der Waals surface area contributed by atoms with Gasteiger partial charge in [-0.25, -0.2) is 4.98 Å². The standard InChI is InChI=1S/C31H29N3O2S/c1-5-36-25-13-11-24(12-14-25)28-17-26(23-9-7-6-8-10-23)27(18-32)31(33-28)37-19-29(35)34-30-21(3)15-20(2)16-22(30)4/h6-17H,5,19H2,1-4H3,(H,34,35). The number of nitrogens with one attached hydrogen (secondary N) is 1. The molecule has 0 aliphatic rings. The summed E-state index contributed by atoms with van der Waals surface area (Å²) in [7, 11) is 0. The van der Waals surface area contributed by atoms with Crippen molar-refractivity contribution in [1.82, 2.24) is 4.98 Å². The average Bonchev–Trinajstić information content (AvgIpc) is 2.90. The molecule has 37 heavy (non-hydrogen) atoms. The highest BCUT2D eigenvalue weighted by Crippen LogP contribution is 2.35. The lowest BCUT2D eigenvalue weighted by Gasteiger charge is -2.14. The number of hydrogen-bond acceptors (Lipinski definition) is 5. The third kappa shape index (κ3) is 6.19. The number of nitrogens with zero attached hydrogens (tertiary/aromatic N) is 2. The highest BCUT2D eigenvalue weighted by molar-refractivity contribution is 8.00. The minimum Gasteiger partial charge on any atom is -0.494 e. The summed E-state index contributed by atoms with van der Waals surface area (Å²) in [5.74, 6) is 0.782. The Morgan fingerprint density at radius 1 is 0.973 bits per heavy atom. The molecule has 6 heteroatoms. The molecule has 0 saturated heterocycles. The number of carbonyl (C=O) groups is 1. The Hall–Kier alpha value is -4.08. The van der Waals surface area contributed by atoms with Crippen LogP contribution in [0.2, 0.25) is 0 Å². The molecule has 0 atom stereocenters. The Kier molecular flexibility index (Phi) is 8.27. The number of benzene rings is 3. The molecule has 0 spiro atoms. The van der Waals surface area contributed by atoms with Crippen LogP contribution in [0.3, 0.4) is 0 Å². The summed E-state index contributed by atoms with van der Waals surface area (Å²) in [5.41, 5.74) is 7.84. The van der Waals surface area contributed by atoms with Gasteiger partial charge < -0.3 is 10.1 Å². The van der Waals surface area contributed by atoms with Crippen LogP contribution in [-0.4, -0.2) is 23.3 Å². The van der Waals surface area contributed by atoms with Gasteiger partial charge in [-0.05, 0) is 74.7 Å². The van der Waals surface area contributed by atoms with E-state index in [2.05, 4.69) is 23.5 Å². The van der Waals surface area contributed by atoms with Crippen LogP contribution >= 0.6 is 11.8 Å². The largest absolute Gasteiger partial charge is 0.494 e. The van der Waals surface area contributed by atoms with Crippen LogP contribution in [0.15, 0.2) is 77.8 Å². The number of aryl methyl sites for hydroxylation is 3. The highest BCUT2D eigenvalue weighted by atomic mass is 32.2. The van der Waals surface area contributed by atoms with Gasteiger partial charge in [-0.15, -0.1) is 0 Å². The zero-order valence-electron chi connectivity index (χ0n) is 21.5. The molecule has 0 aliphatic carbocycles. The zero-order chi connectivity index (χ0) is 26.4. The van der Waals surface area contributed by atoms with E-state index in [4.69, 9.17) is 9.72 Å². The maximum atomic E-state index is 12.9. The topological polar surface area (TPSA) is 75.0 Å². The maximum Gasteiger partial charge on any atom is 0.234 e. The second-order valence-corrected chi connectivity index (χ2v) is 9.75. The molecule has 0 radical (unpaired) electrons. The van der Waals surface area contributed by atoms with E-state index < -0.39 is 0 Å². The van der Waals surface area contributed by atoms with Crippen molar-refractivity contribution in [2.45, 2.75) is 32.7 Å². The van der Waals surface area contributed by atoms with Crippen LogP contribution in [0.5, 0.6) is 5.75 Å². The van der Waals surface area contributed by atoms with Gasteiger partial charge in [0.25, 0.3) is 0 Å². The van der Waals surface area contributed by atoms with Crippen molar-refractivity contribution in [3.05, 3.63) is 95.1 Å². The normalized spacial score (nSPS) is 10.6. The molecular formula is C31H29N3O2S. The second kappa shape index (κ2) is 11.8. The Morgan fingerprint density at radius 3 is 2.27 bits per heavy atom. The first-order valence-electron chi connectivity index (χ1n) is 12.1. The summed E-state index contributed by atoms with van der Waals surface area (Å²) in [6, 6.07) is 25.9. The van der Waals surface area contributed by atoms with Gasteiger partial charge in [0.2, 0.25) is 5.91 Å². The van der Waals surface area contributed by atoms with Crippen molar-refractivity contribution >= 4 is 23.4 Å². The summed E-state index contributed by atoms with van der Waals surface area (Å²) in [6.07, 6.45) is 0. The summed E-state index contributed by atoms with van der Waals surface area (Å²) in [6.45, 7) is 8.56. The van der Waals surface area contributed by atoms with Crippen molar-refractivity contribution in [2.24, 2.45) is 0 Å². The molecule has 0 fully saturated rings. The minimum atomic E-state index is -0.140. The second-order valence-electron chi connectivity index (χ2n) is 8.78. The van der Waals surface area contributed by atoms with Gasteiger partial charge >= 0.3 is 0 Å². The number of nitriles is 1. The molecule has 0 bridgehead atoms. The fourth-order valence-corrected chi connectivity index (χ4v) is 5.11. The lowest BCUT2D eigenvalue weighted by molar-refractivity contribution is -0.113. The molecule has 5 nitrogen and oxygen atoms in total. The van der Waals surface area contributed by atoms with Crippen molar-refractivity contribution in [3.63, 3.8) is 0 Å². The molecule has 1 N–H and O–H groups in total. The molecule has 1 heterocycles. The number of thioether (sulfide) groups is 1. The summed E-state index contributed by atoms with van der Waals surface area (Å²) in [5, 5.41) is 13.7. The summed E-state index contributed by atoms with van der Waals surface area (Å²) >= 11 is 1.27. The molecule has 4 rings (SSSR count). The maximum absolute atomic E-state index is 12.9. The van der Waals surface area contributed by atoms with E-state index in [1.165, 1.54) is 11.8 Å². The Labute approximate surface area is 222 Å². The van der Waals surface area contributed by atoms with Gasteiger partial charge in [0, 0.05) is 16.8 Å². The number of pyridine rings is 1. The van der Waals surface area contributed by atoms with Gasteiger partial charge in [-0.1, -0.05) is 59.8 Å². The molecular weight excluding hydrogens is 478 g/mol. The average molecular weight is 508 g/mol. The summed E-state index contributed by atoms with van der Waals surface area (Å²) < 4.78 is 5.57. The van der Waals surface area contributed by atoms with Gasteiger partial charge in [0.15, 0.2) is 0 Å². The van der Waals surface area contributed by atoms with Gasteiger partial charge in [0.1, 0.15) is 16.8 Å². The van der Waals surface area contributed by atoms with E-state index in [1.807, 2.05) is 88.4 Å². The lowest BCUT2D eigenvalue weighted by atomic mass is 9.99. The lowest BCUT2D eigenvalue weighted by Crippen LogP contribution is -2.16. The van der Waals surface area contributed by atoms with Crippen LogP contribution in [0.25, 0.3) is 22.4 Å². The molecule has 186 valence electrons. The first-order valence-corrected chi connectivity index (χ1v) is 13.1. The zero-order valence-corrected chi connectivity index (χ0v) is 22.3. The number of ether oxygens (including phenoxy) is 1. The number of hydrogen-bond donors (Lipinski definition) is 1. The van der Waals surface area contributed by atoms with Gasteiger partial charge in [-0.2, -0.15) is 5.26 Å². The van der Waals surface area contributed by atoms with E-state index in [1.54, 1.807) is 0 Å². The van der Waals surface area contributed by atoms with E-state index in [-0.39, 0.29) is 11.7 Å². The van der Waals surface area contributed by atoms with Crippen molar-refractivity contribution in [1.29, 1.82) is 5.26 Å². The van der Waals surface area contributed by atoms with E-state index in [0.29, 0.717) is 17.2 Å². The van der Waals surface area contributed by atoms with Crippen molar-refractivity contribution in [3.8, 4) is 34.2 Å². The number of amides is 1. The van der Waals surface area contributed by atoms with Gasteiger partial charge in [-0.3, -0.25) is 4.79 Å². The molecule has 1 amide bonds. The Bertz CT molecular complexity index is 1440. The molecule has 1 aromatic heterocycles. The fourth-order valence-electron chi connectivity index (χ4n) is 4.30. The monoisotopic (exact) mass is 507 g/mol. The predicted molar refractivity (Wildman–Crippen MR) is 151 cm³/mol. The van der Waals surface area contributed by atoms with Crippen LogP contribution in [0, 0.1) is 32.1 Å². The van der Waals surface area contributed by atoms with E-state index in [0.717, 1.165) is 50.5 Å². The third-order valence-corrected chi connectivity index (χ3v) is 6.90. The minimum absolute atomic E-state index is 0.134. The van der Waals surface area contributed by atoms with Crippen LogP contribution in [0.1, 0.15) is 29.2 Å². The van der Waals surface area contributed by atoms with Crippen LogP contribution < -0.4 is 10.1 Å². The van der Waals surface area contributed by atoms with Crippen LogP contribution in [0.4, 0.5) is 5.69 Å². The predicted octanol–water partition coefficient (Wildman–Crippen LogP) is 7.34. The van der Waals surface area contributed by atoms with Crippen molar-refractivity contribution in [2.75, 3.05) is 17.7 Å². The molecule has 0 saturated carbocycles. The SMILES string of the molecule is CCOc1ccc(-c2cc(-c3ccccc3)c(C#N)c(SCC(=O)Nc3c(C)cc(C)cc3C)n2)cc1. The fraction of sp³-hybridized carbons (Fsp3) is 0.194. The van der Waals surface area contributed by atoms with E-state index >= 15 is 0 Å². The number of carbonyl (C=O) groups excluding carboxylic acids is 1. The van der Waals surface area contributed by atoms with Gasteiger partial charge in [0.05, 0.1) is 23.6 Å². The Morgan fingerprint density at radius 2 is 1.65 bits per heavy atom. The highest BCUT2D eigenvalue weighted by Gasteiger charge is 2.18. The smallest absolute Gasteiger partial charge is 0.234 e. The number of rotatable bonds is 8. The molecule has 0 unspecified atom stereocenters. The van der Waals surface area contributed by atoms with Crippen LogP contribution in [-0.2, 0) is 4.79 Å². The quantitative estimate of drug-likeness (QED) is 0.253. The first-order chi connectivity index (χ1) is 17.9. The third-order valence-electron chi connectivity index (χ3n) is 5.93. The number of aromatic nitrogens is 1. The number of anilines is 1. The summed E-state index contributed by atoms with van der Waals surface area (Å²) in [4.78, 5) is 17.7. The molecule has 4 aromatic rings. The Balaban J connectivity index is 1.67.